The van der Waals surface area contributed by atoms with Crippen molar-refractivity contribution in [2.45, 2.75) is 18.4 Å². The van der Waals surface area contributed by atoms with E-state index in [1.54, 1.807) is 24.4 Å². The zero-order chi connectivity index (χ0) is 25.7. The molecule has 36 heavy (non-hydrogen) atoms. The summed E-state index contributed by atoms with van der Waals surface area (Å²) in [4.78, 5) is 17.7. The second kappa shape index (κ2) is 10.9. The van der Waals surface area contributed by atoms with E-state index in [1.165, 1.54) is 31.6 Å². The molecule has 0 aliphatic heterocycles. The molecule has 0 fully saturated rings. The lowest BCUT2D eigenvalue weighted by molar-refractivity contribution is 0.104. The summed E-state index contributed by atoms with van der Waals surface area (Å²) in [5, 5.41) is 3.75. The fraction of sp³-hybridized carbons (Fsp3) is 0.154. The second-order valence-electron chi connectivity index (χ2n) is 7.84. The van der Waals surface area contributed by atoms with E-state index in [0.717, 1.165) is 16.8 Å². The number of sulfonamides is 1. The first kappa shape index (κ1) is 25.4. The molecule has 4 aromatic rings. The van der Waals surface area contributed by atoms with Crippen molar-refractivity contribution in [2.75, 3.05) is 19.5 Å². The third kappa shape index (κ3) is 5.73. The van der Waals surface area contributed by atoms with Gasteiger partial charge in [-0.1, -0.05) is 47.7 Å². The van der Waals surface area contributed by atoms with Gasteiger partial charge in [0, 0.05) is 23.9 Å². The molecule has 0 radical (unpaired) electrons. The van der Waals surface area contributed by atoms with Crippen LogP contribution in [0.2, 0.25) is 0 Å². The molecule has 0 bridgehead atoms. The molecule has 1 heterocycles. The van der Waals surface area contributed by atoms with Gasteiger partial charge in [-0.05, 0) is 42.3 Å². The Morgan fingerprint density at radius 3 is 2.56 bits per heavy atom. The molecule has 8 nitrogen and oxygen atoms in total. The highest BCUT2D eigenvalue weighted by Gasteiger charge is 2.20. The molecule has 0 saturated carbocycles. The van der Waals surface area contributed by atoms with Gasteiger partial charge in [0.2, 0.25) is 15.8 Å². The molecule has 2 N–H and O–H groups in total. The number of nitrogens with one attached hydrogen (secondary N) is 2. The van der Waals surface area contributed by atoms with Crippen LogP contribution >= 0.6 is 11.3 Å². The molecule has 4 rings (SSSR count). The topological polar surface area (TPSA) is 107 Å². The van der Waals surface area contributed by atoms with Gasteiger partial charge in [0.1, 0.15) is 16.4 Å². The van der Waals surface area contributed by atoms with E-state index in [1.807, 2.05) is 49.4 Å². The van der Waals surface area contributed by atoms with Crippen molar-refractivity contribution in [2.24, 2.45) is 0 Å². The SMILES string of the molecule is COc1ccc(OC)c(S(=O)(=O)NCc2cccc(Nc3ncc(C(=O)c4ccccc4C)s3)c2)c1. The van der Waals surface area contributed by atoms with Crippen molar-refractivity contribution in [1.82, 2.24) is 9.71 Å². The van der Waals surface area contributed by atoms with Crippen LogP contribution in [0.25, 0.3) is 0 Å². The molecular formula is C26H25N3O5S2. The van der Waals surface area contributed by atoms with Crippen molar-refractivity contribution in [3.05, 3.63) is 94.5 Å². The van der Waals surface area contributed by atoms with Gasteiger partial charge in [0.25, 0.3) is 0 Å². The Labute approximate surface area is 214 Å². The van der Waals surface area contributed by atoms with Gasteiger partial charge >= 0.3 is 0 Å². The van der Waals surface area contributed by atoms with E-state index in [-0.39, 0.29) is 23.0 Å². The van der Waals surface area contributed by atoms with E-state index >= 15 is 0 Å². The number of carbonyl (C=O) groups is 1. The number of aromatic nitrogens is 1. The van der Waals surface area contributed by atoms with Crippen molar-refractivity contribution >= 4 is 38.0 Å². The first-order valence-electron chi connectivity index (χ1n) is 10.9. The summed E-state index contributed by atoms with van der Waals surface area (Å²) in [6.07, 6.45) is 1.56. The maximum absolute atomic E-state index is 12.9. The molecule has 3 aromatic carbocycles. The predicted molar refractivity (Wildman–Crippen MR) is 140 cm³/mol. The number of aryl methyl sites for hydroxylation is 1. The Bertz CT molecular complexity index is 1500. The minimum absolute atomic E-state index is 0.00716. The lowest BCUT2D eigenvalue weighted by atomic mass is 10.0. The molecule has 0 saturated heterocycles. The summed E-state index contributed by atoms with van der Waals surface area (Å²) >= 11 is 1.26. The minimum atomic E-state index is -3.86. The molecule has 0 unspecified atom stereocenters. The lowest BCUT2D eigenvalue weighted by Crippen LogP contribution is -2.23. The van der Waals surface area contributed by atoms with E-state index < -0.39 is 10.0 Å². The number of thiazole rings is 1. The zero-order valence-corrected chi connectivity index (χ0v) is 21.6. The van der Waals surface area contributed by atoms with E-state index in [0.29, 0.717) is 21.3 Å². The highest BCUT2D eigenvalue weighted by molar-refractivity contribution is 7.89. The Balaban J connectivity index is 1.46. The summed E-state index contributed by atoms with van der Waals surface area (Å²) in [5.74, 6) is 0.555. The molecule has 186 valence electrons. The van der Waals surface area contributed by atoms with E-state index in [9.17, 15) is 13.2 Å². The minimum Gasteiger partial charge on any atom is -0.497 e. The Kier molecular flexibility index (Phi) is 7.68. The number of nitrogens with zero attached hydrogens (tertiary/aromatic N) is 1. The highest BCUT2D eigenvalue weighted by Crippen LogP contribution is 2.29. The van der Waals surface area contributed by atoms with Crippen molar-refractivity contribution in [1.29, 1.82) is 0 Å². The van der Waals surface area contributed by atoms with Gasteiger partial charge in [-0.25, -0.2) is 18.1 Å². The van der Waals surface area contributed by atoms with Gasteiger partial charge in [-0.3, -0.25) is 4.79 Å². The number of hydrogen-bond acceptors (Lipinski definition) is 8. The number of hydrogen-bond donors (Lipinski definition) is 2. The maximum atomic E-state index is 12.9. The molecule has 0 aliphatic rings. The number of benzene rings is 3. The van der Waals surface area contributed by atoms with Crippen LogP contribution in [0.15, 0.2) is 77.8 Å². The van der Waals surface area contributed by atoms with Crippen molar-refractivity contribution < 1.29 is 22.7 Å². The number of anilines is 2. The van der Waals surface area contributed by atoms with Gasteiger partial charge in [0.15, 0.2) is 5.13 Å². The first-order valence-corrected chi connectivity index (χ1v) is 13.2. The molecular weight excluding hydrogens is 498 g/mol. The fourth-order valence-corrected chi connectivity index (χ4v) is 5.52. The standard InChI is InChI=1S/C26H25N3O5S2/c1-17-7-4-5-10-21(17)25(30)23-16-27-26(35-23)29-19-9-6-8-18(13-19)15-28-36(31,32)24-14-20(33-2)11-12-22(24)34-3/h4-14,16,28H,15H2,1-3H3,(H,27,29). The molecule has 0 amide bonds. The quantitative estimate of drug-likeness (QED) is 0.284. The number of rotatable bonds is 10. The summed E-state index contributed by atoms with van der Waals surface area (Å²) in [6.45, 7) is 1.96. The first-order chi connectivity index (χ1) is 17.3. The van der Waals surface area contributed by atoms with E-state index in [4.69, 9.17) is 9.47 Å². The van der Waals surface area contributed by atoms with Crippen LogP contribution in [0.1, 0.15) is 26.4 Å². The molecule has 0 atom stereocenters. The van der Waals surface area contributed by atoms with Crippen molar-refractivity contribution in [3.63, 3.8) is 0 Å². The zero-order valence-electron chi connectivity index (χ0n) is 19.9. The average Bonchev–Trinajstić information content (AvgIpc) is 3.35. The monoisotopic (exact) mass is 523 g/mol. The summed E-state index contributed by atoms with van der Waals surface area (Å²) < 4.78 is 38.8. The summed E-state index contributed by atoms with van der Waals surface area (Å²) in [6, 6.07) is 19.3. The van der Waals surface area contributed by atoms with Gasteiger partial charge in [0.05, 0.1) is 25.3 Å². The Morgan fingerprint density at radius 1 is 1.00 bits per heavy atom. The molecule has 0 spiro atoms. The average molecular weight is 524 g/mol. The molecule has 0 aliphatic carbocycles. The van der Waals surface area contributed by atoms with Gasteiger partial charge in [-0.15, -0.1) is 0 Å². The summed E-state index contributed by atoms with van der Waals surface area (Å²) in [7, 11) is -0.987. The Hall–Kier alpha value is -3.73. The molecule has 10 heteroatoms. The van der Waals surface area contributed by atoms with Crippen LogP contribution in [0, 0.1) is 6.92 Å². The summed E-state index contributed by atoms with van der Waals surface area (Å²) in [5.41, 5.74) is 3.01. The van der Waals surface area contributed by atoms with Gasteiger partial charge < -0.3 is 14.8 Å². The number of methoxy groups -OCH3 is 2. The van der Waals surface area contributed by atoms with Crippen LogP contribution in [-0.2, 0) is 16.6 Å². The second-order valence-corrected chi connectivity index (χ2v) is 10.6. The highest BCUT2D eigenvalue weighted by atomic mass is 32.2. The van der Waals surface area contributed by atoms with Crippen molar-refractivity contribution in [3.8, 4) is 11.5 Å². The van der Waals surface area contributed by atoms with Gasteiger partial charge in [-0.2, -0.15) is 0 Å². The number of ketones is 1. The third-order valence-electron chi connectivity index (χ3n) is 5.42. The van der Waals surface area contributed by atoms with E-state index in [2.05, 4.69) is 15.0 Å². The van der Waals surface area contributed by atoms with Crippen LogP contribution in [0.4, 0.5) is 10.8 Å². The van der Waals surface area contributed by atoms with Crippen LogP contribution < -0.4 is 19.5 Å². The maximum Gasteiger partial charge on any atom is 0.244 e. The third-order valence-corrected chi connectivity index (χ3v) is 7.76. The molecule has 1 aromatic heterocycles. The normalized spacial score (nSPS) is 11.2. The van der Waals surface area contributed by atoms with Crippen LogP contribution in [0.5, 0.6) is 11.5 Å². The number of ether oxygens (including phenoxy) is 2. The smallest absolute Gasteiger partial charge is 0.244 e. The van der Waals surface area contributed by atoms with Crippen LogP contribution in [-0.4, -0.2) is 33.4 Å². The Morgan fingerprint density at radius 2 is 1.81 bits per heavy atom. The predicted octanol–water partition coefficient (Wildman–Crippen LogP) is 4.92. The van der Waals surface area contributed by atoms with Crippen LogP contribution in [0.3, 0.4) is 0 Å². The fourth-order valence-electron chi connectivity index (χ4n) is 3.53. The number of carbonyl (C=O) groups excluding carboxylic acids is 1. The lowest BCUT2D eigenvalue weighted by Gasteiger charge is -2.12. The largest absolute Gasteiger partial charge is 0.497 e.